The van der Waals surface area contributed by atoms with Crippen molar-refractivity contribution in [1.82, 2.24) is 15.0 Å². The first-order valence-electron chi connectivity index (χ1n) is 8.13. The van der Waals surface area contributed by atoms with Crippen molar-refractivity contribution in [3.8, 4) is 0 Å². The number of nitrogens with zero attached hydrogens (tertiary/aromatic N) is 2. The van der Waals surface area contributed by atoms with Gasteiger partial charge in [0.25, 0.3) is 0 Å². The van der Waals surface area contributed by atoms with Crippen LogP contribution in [0.3, 0.4) is 0 Å². The fourth-order valence-corrected chi connectivity index (χ4v) is 3.04. The standard InChI is InChI=1S/C20H17ClN4/c21-18-6-2-1-4-15(18)12-24-19-8-7-14(11-23-19)10-16-13-25-20-17(16)5-3-9-22-20/h1-9,11,13H,10,12H2,(H,22,25)(H,23,24). The highest BCUT2D eigenvalue weighted by molar-refractivity contribution is 6.31. The molecule has 0 aliphatic carbocycles. The van der Waals surface area contributed by atoms with Gasteiger partial charge in [0.1, 0.15) is 11.5 Å². The fraction of sp³-hybridized carbons (Fsp3) is 0.100. The summed E-state index contributed by atoms with van der Waals surface area (Å²) in [5.41, 5.74) is 4.36. The van der Waals surface area contributed by atoms with E-state index in [2.05, 4.69) is 32.4 Å². The van der Waals surface area contributed by atoms with E-state index in [1.165, 1.54) is 5.56 Å². The lowest BCUT2D eigenvalue weighted by atomic mass is 10.1. The predicted molar refractivity (Wildman–Crippen MR) is 102 cm³/mol. The first-order chi connectivity index (χ1) is 12.3. The summed E-state index contributed by atoms with van der Waals surface area (Å²) in [5, 5.41) is 5.23. The van der Waals surface area contributed by atoms with Crippen molar-refractivity contribution in [3.63, 3.8) is 0 Å². The summed E-state index contributed by atoms with van der Waals surface area (Å²) >= 11 is 6.17. The molecule has 25 heavy (non-hydrogen) atoms. The zero-order valence-electron chi connectivity index (χ0n) is 13.5. The van der Waals surface area contributed by atoms with Crippen LogP contribution in [0.2, 0.25) is 5.02 Å². The Labute approximate surface area is 150 Å². The molecule has 0 unspecified atom stereocenters. The maximum absolute atomic E-state index is 6.17. The highest BCUT2D eigenvalue weighted by Crippen LogP contribution is 2.20. The summed E-state index contributed by atoms with van der Waals surface area (Å²) in [4.78, 5) is 12.0. The summed E-state index contributed by atoms with van der Waals surface area (Å²) in [6.07, 6.45) is 6.54. The lowest BCUT2D eigenvalue weighted by Gasteiger charge is -2.08. The molecule has 3 heterocycles. The molecule has 124 valence electrons. The van der Waals surface area contributed by atoms with Crippen LogP contribution in [0, 0.1) is 0 Å². The van der Waals surface area contributed by atoms with Gasteiger partial charge in [-0.05, 0) is 41.0 Å². The van der Waals surface area contributed by atoms with Gasteiger partial charge in [-0.3, -0.25) is 0 Å². The second kappa shape index (κ2) is 6.95. The van der Waals surface area contributed by atoms with E-state index in [9.17, 15) is 0 Å². The predicted octanol–water partition coefficient (Wildman–Crippen LogP) is 4.81. The van der Waals surface area contributed by atoms with Crippen LogP contribution in [0.25, 0.3) is 11.0 Å². The highest BCUT2D eigenvalue weighted by Gasteiger charge is 2.06. The quantitative estimate of drug-likeness (QED) is 0.544. The number of nitrogens with one attached hydrogen (secondary N) is 2. The van der Waals surface area contributed by atoms with Crippen molar-refractivity contribution in [2.24, 2.45) is 0 Å². The van der Waals surface area contributed by atoms with Gasteiger partial charge in [0, 0.05) is 42.0 Å². The number of hydrogen-bond donors (Lipinski definition) is 2. The van der Waals surface area contributed by atoms with Crippen LogP contribution in [0.4, 0.5) is 5.82 Å². The zero-order valence-corrected chi connectivity index (χ0v) is 14.3. The van der Waals surface area contributed by atoms with Crippen LogP contribution in [0.1, 0.15) is 16.7 Å². The molecule has 0 aliphatic rings. The van der Waals surface area contributed by atoms with Crippen molar-refractivity contribution in [1.29, 1.82) is 0 Å². The second-order valence-electron chi connectivity index (χ2n) is 5.89. The number of hydrogen-bond acceptors (Lipinski definition) is 3. The second-order valence-corrected chi connectivity index (χ2v) is 6.29. The number of pyridine rings is 2. The van der Waals surface area contributed by atoms with E-state index in [-0.39, 0.29) is 0 Å². The average Bonchev–Trinajstić information content (AvgIpc) is 3.05. The van der Waals surface area contributed by atoms with Crippen LogP contribution in [-0.2, 0) is 13.0 Å². The van der Waals surface area contributed by atoms with Crippen LogP contribution in [0.15, 0.2) is 67.1 Å². The molecule has 2 N–H and O–H groups in total. The number of fused-ring (bicyclic) bond motifs is 1. The molecule has 0 bridgehead atoms. The molecule has 1 aromatic carbocycles. The summed E-state index contributed by atoms with van der Waals surface area (Å²) in [5.74, 6) is 0.837. The Morgan fingerprint density at radius 1 is 0.960 bits per heavy atom. The largest absolute Gasteiger partial charge is 0.366 e. The molecule has 0 fully saturated rings. The van der Waals surface area contributed by atoms with E-state index in [4.69, 9.17) is 11.6 Å². The first-order valence-corrected chi connectivity index (χ1v) is 8.50. The minimum atomic E-state index is 0.653. The van der Waals surface area contributed by atoms with E-state index in [0.29, 0.717) is 6.54 Å². The van der Waals surface area contributed by atoms with Gasteiger partial charge in [0.05, 0.1) is 0 Å². The smallest absolute Gasteiger partial charge is 0.137 e. The van der Waals surface area contributed by atoms with Gasteiger partial charge < -0.3 is 10.3 Å². The van der Waals surface area contributed by atoms with Crippen LogP contribution >= 0.6 is 11.6 Å². The monoisotopic (exact) mass is 348 g/mol. The van der Waals surface area contributed by atoms with E-state index in [0.717, 1.165) is 39.4 Å². The van der Waals surface area contributed by atoms with Gasteiger partial charge in [-0.15, -0.1) is 0 Å². The van der Waals surface area contributed by atoms with Crippen LogP contribution < -0.4 is 5.32 Å². The number of halogens is 1. The third-order valence-electron chi connectivity index (χ3n) is 4.17. The maximum Gasteiger partial charge on any atom is 0.137 e. The fourth-order valence-electron chi connectivity index (χ4n) is 2.84. The highest BCUT2D eigenvalue weighted by atomic mass is 35.5. The molecule has 0 saturated carbocycles. The van der Waals surface area contributed by atoms with Gasteiger partial charge in [0.2, 0.25) is 0 Å². The summed E-state index contributed by atoms with van der Waals surface area (Å²) in [7, 11) is 0. The van der Waals surface area contributed by atoms with Crippen molar-refractivity contribution in [2.75, 3.05) is 5.32 Å². The Bertz CT molecular complexity index is 992. The minimum absolute atomic E-state index is 0.653. The summed E-state index contributed by atoms with van der Waals surface area (Å²) < 4.78 is 0. The lowest BCUT2D eigenvalue weighted by molar-refractivity contribution is 1.09. The Morgan fingerprint density at radius 3 is 2.72 bits per heavy atom. The van der Waals surface area contributed by atoms with Crippen molar-refractivity contribution in [2.45, 2.75) is 13.0 Å². The molecule has 0 amide bonds. The lowest BCUT2D eigenvalue weighted by Crippen LogP contribution is -2.02. The number of aromatic nitrogens is 3. The Kier molecular flexibility index (Phi) is 4.36. The molecular weight excluding hydrogens is 332 g/mol. The third-order valence-corrected chi connectivity index (χ3v) is 4.54. The zero-order chi connectivity index (χ0) is 17.1. The molecule has 0 spiro atoms. The van der Waals surface area contributed by atoms with Crippen molar-refractivity contribution in [3.05, 3.63) is 88.8 Å². The summed E-state index contributed by atoms with van der Waals surface area (Å²) in [6.45, 7) is 0.653. The van der Waals surface area contributed by atoms with Crippen molar-refractivity contribution < 1.29 is 0 Å². The number of benzene rings is 1. The third kappa shape index (κ3) is 3.49. The van der Waals surface area contributed by atoms with E-state index in [1.54, 1.807) is 6.20 Å². The number of anilines is 1. The maximum atomic E-state index is 6.17. The SMILES string of the molecule is Clc1ccccc1CNc1ccc(Cc2c[nH]c3ncccc23)cn1. The number of aromatic amines is 1. The molecule has 4 aromatic rings. The molecule has 4 rings (SSSR count). The molecule has 4 nitrogen and oxygen atoms in total. The molecular formula is C20H17ClN4. The first kappa shape index (κ1) is 15.7. The van der Waals surface area contributed by atoms with E-state index in [1.807, 2.05) is 48.8 Å². The normalized spacial score (nSPS) is 10.9. The molecule has 3 aromatic heterocycles. The van der Waals surface area contributed by atoms with E-state index >= 15 is 0 Å². The Morgan fingerprint density at radius 2 is 1.88 bits per heavy atom. The molecule has 0 saturated heterocycles. The van der Waals surface area contributed by atoms with Gasteiger partial charge in [-0.25, -0.2) is 9.97 Å². The van der Waals surface area contributed by atoms with Crippen LogP contribution in [-0.4, -0.2) is 15.0 Å². The molecule has 0 radical (unpaired) electrons. The Hall–Kier alpha value is -2.85. The number of H-pyrrole nitrogens is 1. The van der Waals surface area contributed by atoms with Gasteiger partial charge in [0.15, 0.2) is 0 Å². The average molecular weight is 349 g/mol. The van der Waals surface area contributed by atoms with E-state index < -0.39 is 0 Å². The van der Waals surface area contributed by atoms with Gasteiger partial charge in [-0.1, -0.05) is 35.9 Å². The van der Waals surface area contributed by atoms with Gasteiger partial charge >= 0.3 is 0 Å². The molecule has 0 atom stereocenters. The van der Waals surface area contributed by atoms with Gasteiger partial charge in [-0.2, -0.15) is 0 Å². The minimum Gasteiger partial charge on any atom is -0.366 e. The molecule has 5 heteroatoms. The van der Waals surface area contributed by atoms with Crippen LogP contribution in [0.5, 0.6) is 0 Å². The number of rotatable bonds is 5. The molecule has 0 aliphatic heterocycles. The summed E-state index contributed by atoms with van der Waals surface area (Å²) in [6, 6.07) is 16.0. The Balaban J connectivity index is 1.44. The topological polar surface area (TPSA) is 53.6 Å². The van der Waals surface area contributed by atoms with Crippen molar-refractivity contribution >= 4 is 28.5 Å².